The van der Waals surface area contributed by atoms with Crippen LogP contribution in [0.3, 0.4) is 0 Å². The van der Waals surface area contributed by atoms with Gasteiger partial charge in [-0.25, -0.2) is 9.96 Å². The third kappa shape index (κ3) is 3.64. The predicted molar refractivity (Wildman–Crippen MR) is 126 cm³/mol. The molecule has 0 saturated carbocycles. The van der Waals surface area contributed by atoms with Crippen molar-refractivity contribution in [1.29, 1.82) is 0 Å². The highest BCUT2D eigenvalue weighted by molar-refractivity contribution is 9.10. The highest BCUT2D eigenvalue weighted by Crippen LogP contribution is 2.49. The van der Waals surface area contributed by atoms with Crippen LogP contribution in [0.25, 0.3) is 0 Å². The number of anilines is 2. The predicted octanol–water partition coefficient (Wildman–Crippen LogP) is 4.87. The minimum absolute atomic E-state index is 0.00504. The van der Waals surface area contributed by atoms with Gasteiger partial charge in [-0.1, -0.05) is 27.5 Å². The number of rotatable bonds is 4. The lowest BCUT2D eigenvalue weighted by Crippen LogP contribution is -2.37. The Bertz CT molecular complexity index is 1230. The Morgan fingerprint density at radius 1 is 0.970 bits per heavy atom. The van der Waals surface area contributed by atoms with Crippen LogP contribution in [0.1, 0.15) is 11.6 Å². The number of carbonyl (C=O) groups is 2. The van der Waals surface area contributed by atoms with Crippen molar-refractivity contribution in [1.82, 2.24) is 0 Å². The molecule has 5 rings (SSSR count). The summed E-state index contributed by atoms with van der Waals surface area (Å²) in [7, 11) is 1.54. The number of hydroxylamine groups is 1. The number of carbonyl (C=O) groups excluding carboxylic acids is 2. The molecule has 7 nitrogen and oxygen atoms in total. The topological polar surface area (TPSA) is 79.3 Å². The fourth-order valence-electron chi connectivity index (χ4n) is 4.29. The minimum Gasteiger partial charge on any atom is -0.508 e. The number of phenols is 1. The fourth-order valence-corrected chi connectivity index (χ4v) is 4.80. The summed E-state index contributed by atoms with van der Waals surface area (Å²) < 4.78 is 5.89. The Morgan fingerprint density at radius 3 is 2.30 bits per heavy atom. The number of methoxy groups -OCH3 is 1. The molecule has 1 N–H and O–H groups in total. The molecular formula is C24H18BrClN2O5. The molecule has 33 heavy (non-hydrogen) atoms. The van der Waals surface area contributed by atoms with E-state index in [-0.39, 0.29) is 5.75 Å². The van der Waals surface area contributed by atoms with Gasteiger partial charge in [-0.05, 0) is 66.7 Å². The van der Waals surface area contributed by atoms with Crippen molar-refractivity contribution >= 4 is 50.7 Å². The van der Waals surface area contributed by atoms with Crippen LogP contribution >= 0.6 is 27.5 Å². The minimum atomic E-state index is -1.04. The zero-order valence-electron chi connectivity index (χ0n) is 17.3. The lowest BCUT2D eigenvalue weighted by atomic mass is 9.90. The van der Waals surface area contributed by atoms with E-state index >= 15 is 0 Å². The molecule has 3 aromatic rings. The first-order valence-electron chi connectivity index (χ1n) is 10.1. The highest BCUT2D eigenvalue weighted by Gasteiger charge is 2.60. The van der Waals surface area contributed by atoms with Gasteiger partial charge < -0.3 is 9.84 Å². The lowest BCUT2D eigenvalue weighted by molar-refractivity contribution is -0.126. The van der Waals surface area contributed by atoms with Crippen molar-refractivity contribution in [2.24, 2.45) is 5.92 Å². The fraction of sp³-hybridized carbons (Fsp3) is 0.167. The Morgan fingerprint density at radius 2 is 1.64 bits per heavy atom. The smallest absolute Gasteiger partial charge is 0.266 e. The zero-order chi connectivity index (χ0) is 23.3. The van der Waals surface area contributed by atoms with Gasteiger partial charge in [0.1, 0.15) is 17.4 Å². The summed E-state index contributed by atoms with van der Waals surface area (Å²) in [4.78, 5) is 34.2. The van der Waals surface area contributed by atoms with E-state index in [1.807, 2.05) is 0 Å². The second-order valence-corrected chi connectivity index (χ2v) is 9.06. The monoisotopic (exact) mass is 528 g/mol. The average Bonchev–Trinajstić information content (AvgIpc) is 3.32. The Balaban J connectivity index is 1.59. The second kappa shape index (κ2) is 8.37. The number of halogens is 2. The summed E-state index contributed by atoms with van der Waals surface area (Å²) in [6.07, 6.45) is -1.04. The summed E-state index contributed by atoms with van der Waals surface area (Å²) in [5.41, 5.74) is 1.50. The van der Waals surface area contributed by atoms with E-state index in [0.717, 1.165) is 9.37 Å². The van der Waals surface area contributed by atoms with Gasteiger partial charge in [0, 0.05) is 15.1 Å². The van der Waals surface area contributed by atoms with Crippen molar-refractivity contribution in [3.8, 4) is 11.5 Å². The van der Waals surface area contributed by atoms with E-state index in [1.54, 1.807) is 67.8 Å². The van der Waals surface area contributed by atoms with E-state index in [4.69, 9.17) is 21.2 Å². The van der Waals surface area contributed by atoms with E-state index in [2.05, 4.69) is 15.9 Å². The normalized spacial score (nSPS) is 22.1. The molecule has 0 unspecified atom stereocenters. The van der Waals surface area contributed by atoms with Gasteiger partial charge in [0.25, 0.3) is 5.91 Å². The maximum Gasteiger partial charge on any atom is 0.266 e. The SMILES string of the molecule is COc1ccc(N2C(=O)[C@H]3[C@H](ON(c4ccc(Cl)cc4)[C@@H]3c3cc(Br)ccc3O)C2=O)cc1. The molecule has 2 aliphatic rings. The molecule has 2 heterocycles. The number of fused-ring (bicyclic) bond motifs is 1. The largest absolute Gasteiger partial charge is 0.508 e. The molecule has 9 heteroatoms. The summed E-state index contributed by atoms with van der Waals surface area (Å²) in [6, 6.07) is 17.7. The van der Waals surface area contributed by atoms with Crippen molar-refractivity contribution in [2.45, 2.75) is 12.1 Å². The summed E-state index contributed by atoms with van der Waals surface area (Å²) in [6.45, 7) is 0. The van der Waals surface area contributed by atoms with Crippen LogP contribution in [-0.2, 0) is 14.4 Å². The molecule has 2 saturated heterocycles. The number of benzene rings is 3. The van der Waals surface area contributed by atoms with Gasteiger partial charge in [0.2, 0.25) is 5.91 Å². The molecular weight excluding hydrogens is 512 g/mol. The van der Waals surface area contributed by atoms with Gasteiger partial charge in [-0.3, -0.25) is 14.4 Å². The lowest BCUT2D eigenvalue weighted by Gasteiger charge is -2.29. The summed E-state index contributed by atoms with van der Waals surface area (Å²) in [5, 5.41) is 12.7. The third-order valence-electron chi connectivity index (χ3n) is 5.84. The number of imide groups is 1. The highest BCUT2D eigenvalue weighted by atomic mass is 79.9. The number of ether oxygens (including phenoxy) is 1. The van der Waals surface area contributed by atoms with Gasteiger partial charge in [0.05, 0.1) is 24.5 Å². The van der Waals surface area contributed by atoms with Crippen molar-refractivity contribution in [3.63, 3.8) is 0 Å². The third-order valence-corrected chi connectivity index (χ3v) is 6.58. The molecule has 0 spiro atoms. The molecule has 2 amide bonds. The first kappa shape index (κ1) is 21.8. The van der Waals surface area contributed by atoms with E-state index in [9.17, 15) is 14.7 Å². The first-order valence-corrected chi connectivity index (χ1v) is 11.3. The van der Waals surface area contributed by atoms with Crippen LogP contribution in [0, 0.1) is 5.92 Å². The van der Waals surface area contributed by atoms with Crippen LogP contribution in [0.5, 0.6) is 11.5 Å². The molecule has 3 atom stereocenters. The van der Waals surface area contributed by atoms with E-state index < -0.39 is 29.9 Å². The number of hydrogen-bond acceptors (Lipinski definition) is 6. The standard InChI is InChI=1S/C24H18BrClN2O5/c1-32-17-9-7-15(8-10-17)27-23(30)20-21(18-12-13(25)2-11-19(18)29)28(33-22(20)24(27)31)16-5-3-14(26)4-6-16/h2-12,20-22,29H,1H3/t20-,21-,22+/m1/s1. The Kier molecular flexibility index (Phi) is 5.52. The van der Waals surface area contributed by atoms with Gasteiger partial charge in [-0.15, -0.1) is 0 Å². The number of phenolic OH excluding ortho intramolecular Hbond substituents is 1. The molecule has 0 bridgehead atoms. The quantitative estimate of drug-likeness (QED) is 0.486. The van der Waals surface area contributed by atoms with Crippen LogP contribution in [0.15, 0.2) is 71.2 Å². The van der Waals surface area contributed by atoms with Gasteiger partial charge >= 0.3 is 0 Å². The van der Waals surface area contributed by atoms with Gasteiger partial charge in [-0.2, -0.15) is 0 Å². The van der Waals surface area contributed by atoms with E-state index in [0.29, 0.717) is 27.7 Å². The maximum atomic E-state index is 13.6. The maximum absolute atomic E-state index is 13.6. The number of aromatic hydroxyl groups is 1. The second-order valence-electron chi connectivity index (χ2n) is 7.71. The molecule has 2 fully saturated rings. The summed E-state index contributed by atoms with van der Waals surface area (Å²) in [5.74, 6) is -1.13. The van der Waals surface area contributed by atoms with Crippen molar-refractivity contribution in [3.05, 3.63) is 81.8 Å². The molecule has 0 aromatic heterocycles. The number of hydrogen-bond donors (Lipinski definition) is 1. The average molecular weight is 530 g/mol. The molecule has 0 radical (unpaired) electrons. The van der Waals surface area contributed by atoms with Crippen LogP contribution < -0.4 is 14.7 Å². The van der Waals surface area contributed by atoms with Gasteiger partial charge in [0.15, 0.2) is 6.10 Å². The first-order chi connectivity index (χ1) is 15.9. The molecule has 168 valence electrons. The Hall–Kier alpha value is -3.07. The molecule has 0 aliphatic carbocycles. The Labute approximate surface area is 203 Å². The zero-order valence-corrected chi connectivity index (χ0v) is 19.7. The summed E-state index contributed by atoms with van der Waals surface area (Å²) >= 11 is 9.47. The number of amides is 2. The molecule has 2 aliphatic heterocycles. The number of nitrogens with zero attached hydrogens (tertiary/aromatic N) is 2. The van der Waals surface area contributed by atoms with Crippen LogP contribution in [0.2, 0.25) is 5.02 Å². The molecule has 3 aromatic carbocycles. The van der Waals surface area contributed by atoms with Crippen molar-refractivity contribution < 1.29 is 24.3 Å². The van der Waals surface area contributed by atoms with Crippen LogP contribution in [-0.4, -0.2) is 30.1 Å². The van der Waals surface area contributed by atoms with Crippen molar-refractivity contribution in [2.75, 3.05) is 17.1 Å². The van der Waals surface area contributed by atoms with Crippen LogP contribution in [0.4, 0.5) is 11.4 Å². The van der Waals surface area contributed by atoms with E-state index in [1.165, 1.54) is 11.1 Å².